The molecule has 4 rings (SSSR count). The number of hydrogen-bond acceptors (Lipinski definition) is 5. The van der Waals surface area contributed by atoms with E-state index in [9.17, 15) is 4.79 Å². The second-order valence-corrected chi connectivity index (χ2v) is 8.34. The molecule has 0 radical (unpaired) electrons. The van der Waals surface area contributed by atoms with Crippen molar-refractivity contribution in [3.63, 3.8) is 0 Å². The molecule has 3 heterocycles. The lowest BCUT2D eigenvalue weighted by molar-refractivity contribution is 0.102. The minimum atomic E-state index is -0.185. The molecule has 0 spiro atoms. The van der Waals surface area contributed by atoms with E-state index in [-0.39, 0.29) is 5.91 Å². The second kappa shape index (κ2) is 7.09. The number of thiophene rings is 1. The summed E-state index contributed by atoms with van der Waals surface area (Å²) in [6.45, 7) is 5.83. The lowest BCUT2D eigenvalue weighted by Crippen LogP contribution is -2.14. The molecule has 4 aromatic rings. The van der Waals surface area contributed by atoms with E-state index in [1.54, 1.807) is 16.0 Å². The smallest absolute Gasteiger partial charge is 0.261 e. The molecule has 1 amide bonds. The van der Waals surface area contributed by atoms with Crippen molar-refractivity contribution < 1.29 is 4.79 Å². The van der Waals surface area contributed by atoms with E-state index >= 15 is 0 Å². The summed E-state index contributed by atoms with van der Waals surface area (Å²) in [5, 5.41) is 10.0. The van der Waals surface area contributed by atoms with Crippen LogP contribution in [0.5, 0.6) is 0 Å². The van der Waals surface area contributed by atoms with Crippen LogP contribution in [-0.2, 0) is 0 Å². The van der Waals surface area contributed by atoms with E-state index in [1.807, 2.05) is 49.6 Å². The van der Waals surface area contributed by atoms with Crippen molar-refractivity contribution in [2.24, 2.45) is 0 Å². The Hall–Kier alpha value is -2.77. The maximum atomic E-state index is 12.9. The first-order chi connectivity index (χ1) is 13.0. The van der Waals surface area contributed by atoms with Crippen LogP contribution >= 0.6 is 22.7 Å². The number of benzene rings is 1. The van der Waals surface area contributed by atoms with Gasteiger partial charge < -0.3 is 0 Å². The van der Waals surface area contributed by atoms with Gasteiger partial charge in [-0.05, 0) is 45.0 Å². The summed E-state index contributed by atoms with van der Waals surface area (Å²) in [7, 11) is 0. The van der Waals surface area contributed by atoms with Gasteiger partial charge in [0.2, 0.25) is 0 Å². The van der Waals surface area contributed by atoms with E-state index < -0.39 is 0 Å². The minimum absolute atomic E-state index is 0.185. The fraction of sp³-hybridized carbons (Fsp3) is 0.150. The van der Waals surface area contributed by atoms with Crippen LogP contribution in [0, 0.1) is 20.8 Å². The SMILES string of the molecule is Cc1ccc(-c2csc(NC(=O)c3c(C)nn(-c4ccccc4)c3C)n2)s1. The first-order valence-electron chi connectivity index (χ1n) is 8.48. The van der Waals surface area contributed by atoms with Gasteiger partial charge in [0, 0.05) is 10.3 Å². The normalized spacial score (nSPS) is 10.9. The second-order valence-electron chi connectivity index (χ2n) is 6.20. The highest BCUT2D eigenvalue weighted by Gasteiger charge is 2.20. The van der Waals surface area contributed by atoms with Crippen molar-refractivity contribution >= 4 is 33.7 Å². The standard InChI is InChI=1S/C20H18N4OS2/c1-12-9-10-17(27-12)16-11-26-20(21-16)22-19(25)18-13(2)23-24(14(18)3)15-7-5-4-6-8-15/h4-11H,1-3H3,(H,21,22,25). The Morgan fingerprint density at radius 2 is 1.85 bits per heavy atom. The molecule has 1 N–H and O–H groups in total. The van der Waals surface area contributed by atoms with Gasteiger partial charge in [-0.1, -0.05) is 18.2 Å². The zero-order valence-corrected chi connectivity index (χ0v) is 16.8. The summed E-state index contributed by atoms with van der Waals surface area (Å²) in [5.74, 6) is -0.185. The van der Waals surface area contributed by atoms with Gasteiger partial charge in [-0.3, -0.25) is 10.1 Å². The zero-order valence-electron chi connectivity index (χ0n) is 15.2. The molecule has 0 aliphatic heterocycles. The fourth-order valence-electron chi connectivity index (χ4n) is 2.97. The molecule has 0 aliphatic carbocycles. The maximum absolute atomic E-state index is 12.9. The van der Waals surface area contributed by atoms with Crippen molar-refractivity contribution in [3.05, 3.63) is 69.7 Å². The summed E-state index contributed by atoms with van der Waals surface area (Å²) in [5.41, 5.74) is 3.91. The van der Waals surface area contributed by atoms with E-state index in [4.69, 9.17) is 0 Å². The molecule has 136 valence electrons. The van der Waals surface area contributed by atoms with Crippen LogP contribution in [0.15, 0.2) is 47.8 Å². The van der Waals surface area contributed by atoms with Crippen LogP contribution < -0.4 is 5.32 Å². The van der Waals surface area contributed by atoms with Crippen LogP contribution in [0.3, 0.4) is 0 Å². The van der Waals surface area contributed by atoms with E-state index in [1.165, 1.54) is 16.2 Å². The number of carbonyl (C=O) groups is 1. The van der Waals surface area contributed by atoms with Gasteiger partial charge in [-0.15, -0.1) is 22.7 Å². The van der Waals surface area contributed by atoms with Crippen molar-refractivity contribution in [2.75, 3.05) is 5.32 Å². The molecule has 0 unspecified atom stereocenters. The first-order valence-corrected chi connectivity index (χ1v) is 10.2. The largest absolute Gasteiger partial charge is 0.298 e. The number of aryl methyl sites for hydroxylation is 2. The zero-order chi connectivity index (χ0) is 19.0. The predicted octanol–water partition coefficient (Wildman–Crippen LogP) is 5.23. The minimum Gasteiger partial charge on any atom is -0.298 e. The van der Waals surface area contributed by atoms with Crippen molar-refractivity contribution in [1.29, 1.82) is 0 Å². The van der Waals surface area contributed by atoms with Crippen LogP contribution in [0.25, 0.3) is 16.3 Å². The topological polar surface area (TPSA) is 59.8 Å². The Kier molecular flexibility index (Phi) is 4.63. The third-order valence-electron chi connectivity index (χ3n) is 4.24. The molecule has 0 fully saturated rings. The molecule has 1 aromatic carbocycles. The summed E-state index contributed by atoms with van der Waals surface area (Å²) >= 11 is 3.12. The maximum Gasteiger partial charge on any atom is 0.261 e. The molecule has 0 bridgehead atoms. The van der Waals surface area contributed by atoms with Crippen LogP contribution in [0.1, 0.15) is 26.6 Å². The fourth-order valence-corrected chi connectivity index (χ4v) is 4.58. The number of thiazole rings is 1. The summed E-state index contributed by atoms with van der Waals surface area (Å²) in [6.07, 6.45) is 0. The molecule has 0 aliphatic rings. The van der Waals surface area contributed by atoms with Crippen molar-refractivity contribution in [2.45, 2.75) is 20.8 Å². The molecule has 5 nitrogen and oxygen atoms in total. The Morgan fingerprint density at radius 1 is 1.07 bits per heavy atom. The molecule has 0 atom stereocenters. The average molecular weight is 395 g/mol. The number of anilines is 1. The number of nitrogens with zero attached hydrogens (tertiary/aromatic N) is 3. The van der Waals surface area contributed by atoms with Gasteiger partial charge in [0.25, 0.3) is 5.91 Å². The average Bonchev–Trinajstić information content (AvgIpc) is 3.35. The summed E-state index contributed by atoms with van der Waals surface area (Å²) < 4.78 is 1.80. The number of carbonyl (C=O) groups excluding carboxylic acids is 1. The quantitative estimate of drug-likeness (QED) is 0.515. The molecule has 7 heteroatoms. The van der Waals surface area contributed by atoms with Gasteiger partial charge in [-0.25, -0.2) is 9.67 Å². The molecule has 27 heavy (non-hydrogen) atoms. The van der Waals surface area contributed by atoms with E-state index in [0.717, 1.165) is 22.0 Å². The number of aromatic nitrogens is 3. The molecule has 3 aromatic heterocycles. The van der Waals surface area contributed by atoms with E-state index in [0.29, 0.717) is 16.4 Å². The third kappa shape index (κ3) is 3.43. The number of hydrogen-bond donors (Lipinski definition) is 1. The van der Waals surface area contributed by atoms with E-state index in [2.05, 4.69) is 34.5 Å². The van der Waals surface area contributed by atoms with Crippen LogP contribution in [0.2, 0.25) is 0 Å². The highest BCUT2D eigenvalue weighted by atomic mass is 32.1. The summed E-state index contributed by atoms with van der Waals surface area (Å²) in [4.78, 5) is 19.8. The number of para-hydroxylation sites is 1. The van der Waals surface area contributed by atoms with Gasteiger partial charge in [0.05, 0.1) is 33.2 Å². The number of nitrogens with one attached hydrogen (secondary N) is 1. The lowest BCUT2D eigenvalue weighted by Gasteiger charge is -2.05. The first kappa shape index (κ1) is 17.6. The van der Waals surface area contributed by atoms with Crippen LogP contribution in [-0.4, -0.2) is 20.7 Å². The monoisotopic (exact) mass is 394 g/mol. The molecular weight excluding hydrogens is 376 g/mol. The van der Waals surface area contributed by atoms with Crippen LogP contribution in [0.4, 0.5) is 5.13 Å². The lowest BCUT2D eigenvalue weighted by atomic mass is 10.2. The Bertz CT molecular complexity index is 1110. The molecule has 0 saturated carbocycles. The van der Waals surface area contributed by atoms with Gasteiger partial charge in [0.15, 0.2) is 5.13 Å². The Morgan fingerprint density at radius 3 is 2.56 bits per heavy atom. The third-order valence-corrected chi connectivity index (χ3v) is 6.02. The van der Waals surface area contributed by atoms with Gasteiger partial charge in [0.1, 0.15) is 0 Å². The highest BCUT2D eigenvalue weighted by molar-refractivity contribution is 7.17. The van der Waals surface area contributed by atoms with Gasteiger partial charge >= 0.3 is 0 Å². The van der Waals surface area contributed by atoms with Crippen molar-refractivity contribution in [3.8, 4) is 16.3 Å². The Balaban J connectivity index is 1.59. The number of rotatable bonds is 4. The molecular formula is C20H18N4OS2. The predicted molar refractivity (Wildman–Crippen MR) is 111 cm³/mol. The summed E-state index contributed by atoms with van der Waals surface area (Å²) in [6, 6.07) is 13.9. The molecule has 0 saturated heterocycles. The number of amides is 1. The Labute approximate surface area is 165 Å². The highest BCUT2D eigenvalue weighted by Crippen LogP contribution is 2.30. The van der Waals surface area contributed by atoms with Gasteiger partial charge in [-0.2, -0.15) is 5.10 Å². The van der Waals surface area contributed by atoms with Crippen molar-refractivity contribution in [1.82, 2.24) is 14.8 Å².